The minimum atomic E-state index is -0.0100. The minimum Gasteiger partial charge on any atom is -0.353 e. The summed E-state index contributed by atoms with van der Waals surface area (Å²) in [7, 11) is 0. The Kier molecular flexibility index (Phi) is 9.53. The molecule has 0 spiro atoms. The smallest absolute Gasteiger partial charge is 0.222 e. The van der Waals surface area contributed by atoms with Crippen LogP contribution >= 0.6 is 12.4 Å². The van der Waals surface area contributed by atoms with Crippen LogP contribution in [0.3, 0.4) is 0 Å². The van der Waals surface area contributed by atoms with Crippen LogP contribution in [0.2, 0.25) is 0 Å². The molecule has 6 heteroatoms. The van der Waals surface area contributed by atoms with Crippen molar-refractivity contribution in [3.05, 3.63) is 35.9 Å². The van der Waals surface area contributed by atoms with Gasteiger partial charge in [-0.25, -0.2) is 0 Å². The van der Waals surface area contributed by atoms with Gasteiger partial charge in [0.05, 0.1) is 0 Å². The molecule has 25 heavy (non-hydrogen) atoms. The first-order valence-corrected chi connectivity index (χ1v) is 8.89. The number of benzene rings is 1. The van der Waals surface area contributed by atoms with Gasteiger partial charge in [0.15, 0.2) is 0 Å². The summed E-state index contributed by atoms with van der Waals surface area (Å²) < 4.78 is 0. The van der Waals surface area contributed by atoms with Crippen LogP contribution < -0.4 is 11.1 Å². The molecule has 1 fully saturated rings. The van der Waals surface area contributed by atoms with Crippen molar-refractivity contribution >= 4 is 24.2 Å². The standard InChI is InChI=1S/C19H29N3O2.ClH/c1-15(23)22(14-16-7-3-2-4-8-16)12-11-19(24)21-18-10-6-5-9-17(18)13-20;/h2-4,7-8,17-18H,5-6,9-14,20H2,1H3,(H,21,24);1H. The number of nitrogens with two attached hydrogens (primary N) is 1. The number of carbonyl (C=O) groups excluding carboxylic acids is 2. The number of carbonyl (C=O) groups is 2. The highest BCUT2D eigenvalue weighted by Gasteiger charge is 2.25. The molecule has 0 bridgehead atoms. The van der Waals surface area contributed by atoms with Gasteiger partial charge in [-0.2, -0.15) is 0 Å². The van der Waals surface area contributed by atoms with E-state index in [2.05, 4.69) is 5.32 Å². The summed E-state index contributed by atoms with van der Waals surface area (Å²) in [6, 6.07) is 10.0. The molecule has 2 atom stereocenters. The molecule has 0 aliphatic heterocycles. The van der Waals surface area contributed by atoms with Crippen LogP contribution in [0.4, 0.5) is 0 Å². The molecule has 0 heterocycles. The predicted octanol–water partition coefficient (Wildman–Crippen LogP) is 2.48. The molecule has 0 radical (unpaired) electrons. The van der Waals surface area contributed by atoms with Crippen molar-refractivity contribution in [1.82, 2.24) is 10.2 Å². The fourth-order valence-corrected chi connectivity index (χ4v) is 3.35. The van der Waals surface area contributed by atoms with Gasteiger partial charge in [-0.3, -0.25) is 9.59 Å². The highest BCUT2D eigenvalue weighted by Crippen LogP contribution is 2.23. The molecule has 0 saturated heterocycles. The Morgan fingerprint density at radius 3 is 2.52 bits per heavy atom. The van der Waals surface area contributed by atoms with Crippen LogP contribution in [-0.2, 0) is 16.1 Å². The fourth-order valence-electron chi connectivity index (χ4n) is 3.35. The summed E-state index contributed by atoms with van der Waals surface area (Å²) >= 11 is 0. The van der Waals surface area contributed by atoms with Crippen molar-refractivity contribution in [3.63, 3.8) is 0 Å². The molecule has 140 valence electrons. The highest BCUT2D eigenvalue weighted by atomic mass is 35.5. The van der Waals surface area contributed by atoms with Gasteiger partial charge in [0.25, 0.3) is 0 Å². The van der Waals surface area contributed by atoms with Crippen molar-refractivity contribution in [2.24, 2.45) is 11.7 Å². The van der Waals surface area contributed by atoms with Crippen molar-refractivity contribution in [2.45, 2.75) is 51.6 Å². The lowest BCUT2D eigenvalue weighted by Gasteiger charge is -2.31. The molecule has 0 aromatic heterocycles. The monoisotopic (exact) mass is 367 g/mol. The summed E-state index contributed by atoms with van der Waals surface area (Å²) in [5.74, 6) is 0.389. The van der Waals surface area contributed by atoms with E-state index >= 15 is 0 Å². The van der Waals surface area contributed by atoms with Crippen molar-refractivity contribution < 1.29 is 9.59 Å². The summed E-state index contributed by atoms with van der Waals surface area (Å²) in [5, 5.41) is 3.12. The van der Waals surface area contributed by atoms with Crippen LogP contribution in [-0.4, -0.2) is 35.8 Å². The number of hydrogen-bond acceptors (Lipinski definition) is 3. The molecular weight excluding hydrogens is 338 g/mol. The topological polar surface area (TPSA) is 75.4 Å². The molecule has 1 aromatic rings. The van der Waals surface area contributed by atoms with Gasteiger partial charge >= 0.3 is 0 Å². The Bertz CT molecular complexity index is 539. The Morgan fingerprint density at radius 2 is 1.88 bits per heavy atom. The lowest BCUT2D eigenvalue weighted by molar-refractivity contribution is -0.130. The molecule has 2 unspecified atom stereocenters. The second-order valence-electron chi connectivity index (χ2n) is 6.63. The number of halogens is 1. The average molecular weight is 368 g/mol. The van der Waals surface area contributed by atoms with Crippen LogP contribution in [0.1, 0.15) is 44.6 Å². The lowest BCUT2D eigenvalue weighted by Crippen LogP contribution is -2.45. The molecule has 1 saturated carbocycles. The van der Waals surface area contributed by atoms with Gasteiger partial charge in [0.1, 0.15) is 0 Å². The van der Waals surface area contributed by atoms with Crippen molar-refractivity contribution in [1.29, 1.82) is 0 Å². The summed E-state index contributed by atoms with van der Waals surface area (Å²) in [6.07, 6.45) is 4.78. The zero-order valence-electron chi connectivity index (χ0n) is 14.9. The van der Waals surface area contributed by atoms with E-state index in [1.165, 1.54) is 6.42 Å². The first-order chi connectivity index (χ1) is 11.6. The summed E-state index contributed by atoms with van der Waals surface area (Å²) in [5.41, 5.74) is 6.89. The third kappa shape index (κ3) is 7.04. The Morgan fingerprint density at radius 1 is 1.20 bits per heavy atom. The second kappa shape index (κ2) is 11.1. The van der Waals surface area contributed by atoms with Crippen LogP contribution in [0.15, 0.2) is 30.3 Å². The van der Waals surface area contributed by atoms with Crippen LogP contribution in [0.25, 0.3) is 0 Å². The maximum Gasteiger partial charge on any atom is 0.222 e. The quantitative estimate of drug-likeness (QED) is 0.777. The Balaban J connectivity index is 0.00000312. The van der Waals surface area contributed by atoms with Gasteiger partial charge in [0.2, 0.25) is 11.8 Å². The Hall–Kier alpha value is -1.59. The Labute approximate surface area is 156 Å². The third-order valence-corrected chi connectivity index (χ3v) is 4.83. The molecule has 3 N–H and O–H groups in total. The number of amides is 2. The number of hydrogen-bond donors (Lipinski definition) is 2. The first-order valence-electron chi connectivity index (χ1n) is 8.89. The van der Waals surface area contributed by atoms with Gasteiger partial charge in [0, 0.05) is 32.5 Å². The van der Waals surface area contributed by atoms with E-state index < -0.39 is 0 Å². The number of rotatable bonds is 7. The van der Waals surface area contributed by atoms with E-state index in [9.17, 15) is 9.59 Å². The van der Waals surface area contributed by atoms with Crippen molar-refractivity contribution in [3.8, 4) is 0 Å². The number of nitrogens with one attached hydrogen (secondary N) is 1. The second-order valence-corrected chi connectivity index (χ2v) is 6.63. The molecule has 5 nitrogen and oxygen atoms in total. The maximum atomic E-state index is 12.3. The van der Waals surface area contributed by atoms with E-state index in [1.54, 1.807) is 11.8 Å². The van der Waals surface area contributed by atoms with Crippen molar-refractivity contribution in [2.75, 3.05) is 13.1 Å². The first kappa shape index (κ1) is 21.5. The minimum absolute atomic E-state index is 0. The molecule has 2 amide bonds. The van der Waals surface area contributed by atoms with Gasteiger partial charge in [-0.15, -0.1) is 12.4 Å². The number of nitrogens with zero attached hydrogens (tertiary/aromatic N) is 1. The average Bonchev–Trinajstić information content (AvgIpc) is 2.59. The van der Waals surface area contributed by atoms with E-state index in [1.807, 2.05) is 30.3 Å². The zero-order valence-corrected chi connectivity index (χ0v) is 15.8. The van der Waals surface area contributed by atoms with E-state index in [0.29, 0.717) is 32.0 Å². The molecule has 2 rings (SSSR count). The van der Waals surface area contributed by atoms with E-state index in [-0.39, 0.29) is 30.3 Å². The van der Waals surface area contributed by atoms with Crippen LogP contribution in [0.5, 0.6) is 0 Å². The lowest BCUT2D eigenvalue weighted by atomic mass is 9.84. The summed E-state index contributed by atoms with van der Waals surface area (Å²) in [6.45, 7) is 3.15. The van der Waals surface area contributed by atoms with Crippen LogP contribution in [0, 0.1) is 5.92 Å². The fraction of sp³-hybridized carbons (Fsp3) is 0.579. The molecule has 1 aromatic carbocycles. The SMILES string of the molecule is CC(=O)N(CCC(=O)NC1CCCCC1CN)Cc1ccccc1.Cl. The van der Waals surface area contributed by atoms with E-state index in [4.69, 9.17) is 5.73 Å². The van der Waals surface area contributed by atoms with Gasteiger partial charge < -0.3 is 16.0 Å². The maximum absolute atomic E-state index is 12.3. The predicted molar refractivity (Wildman–Crippen MR) is 102 cm³/mol. The molecule has 1 aliphatic carbocycles. The molecule has 1 aliphatic rings. The largest absolute Gasteiger partial charge is 0.353 e. The summed E-state index contributed by atoms with van der Waals surface area (Å²) in [4.78, 5) is 25.8. The highest BCUT2D eigenvalue weighted by molar-refractivity contribution is 5.85. The normalized spacial score (nSPS) is 19.6. The third-order valence-electron chi connectivity index (χ3n) is 4.83. The van der Waals surface area contributed by atoms with Gasteiger partial charge in [-0.05, 0) is 30.9 Å². The van der Waals surface area contributed by atoms with E-state index in [0.717, 1.165) is 24.8 Å². The molecular formula is C19H30ClN3O2. The zero-order chi connectivity index (χ0) is 17.4. The van der Waals surface area contributed by atoms with Gasteiger partial charge in [-0.1, -0.05) is 43.2 Å².